The first kappa shape index (κ1) is 13.6. The Bertz CT molecular complexity index is 559. The van der Waals surface area contributed by atoms with Crippen LogP contribution in [0.2, 0.25) is 0 Å². The van der Waals surface area contributed by atoms with Crippen LogP contribution in [0.5, 0.6) is 0 Å². The predicted molar refractivity (Wildman–Crippen MR) is 80.8 cm³/mol. The molecule has 0 radical (unpaired) electrons. The Morgan fingerprint density at radius 2 is 2.05 bits per heavy atom. The van der Waals surface area contributed by atoms with Crippen LogP contribution in [0.1, 0.15) is 41.2 Å². The number of fused-ring (bicyclic) bond motifs is 1. The summed E-state index contributed by atoms with van der Waals surface area (Å²) in [5.41, 5.74) is 8.86. The van der Waals surface area contributed by atoms with Gasteiger partial charge in [-0.05, 0) is 42.4 Å². The topological polar surface area (TPSA) is 64.9 Å². The van der Waals surface area contributed by atoms with Gasteiger partial charge in [-0.25, -0.2) is 0 Å². The lowest BCUT2D eigenvalue weighted by Gasteiger charge is -2.04. The maximum Gasteiger partial charge on any atom is 0.243 e. The first-order chi connectivity index (χ1) is 9.78. The molecule has 0 saturated carbocycles. The molecule has 1 atom stereocenters. The van der Waals surface area contributed by atoms with E-state index < -0.39 is 0 Å². The Balaban J connectivity index is 1.69. The molecule has 0 amide bonds. The summed E-state index contributed by atoms with van der Waals surface area (Å²) < 4.78 is 5.34. The number of rotatable bonds is 5. The summed E-state index contributed by atoms with van der Waals surface area (Å²) in [4.78, 5) is 4.52. The number of hydrogen-bond donors (Lipinski definition) is 1. The van der Waals surface area contributed by atoms with Gasteiger partial charge in [-0.2, -0.15) is 16.7 Å². The van der Waals surface area contributed by atoms with Gasteiger partial charge in [0.15, 0.2) is 5.82 Å². The van der Waals surface area contributed by atoms with Crippen LogP contribution in [-0.4, -0.2) is 22.1 Å². The molecule has 3 rings (SSSR count). The summed E-state index contributed by atoms with van der Waals surface area (Å²) >= 11 is 1.78. The minimum Gasteiger partial charge on any atom is -0.338 e. The van der Waals surface area contributed by atoms with Gasteiger partial charge in [-0.3, -0.25) is 0 Å². The van der Waals surface area contributed by atoms with E-state index in [2.05, 4.69) is 40.7 Å². The van der Waals surface area contributed by atoms with E-state index in [0.717, 1.165) is 30.8 Å². The van der Waals surface area contributed by atoms with E-state index >= 15 is 0 Å². The van der Waals surface area contributed by atoms with Crippen LogP contribution in [0.4, 0.5) is 0 Å². The van der Waals surface area contributed by atoms with E-state index in [-0.39, 0.29) is 6.04 Å². The zero-order valence-corrected chi connectivity index (χ0v) is 12.4. The molecular weight excluding hydrogens is 270 g/mol. The van der Waals surface area contributed by atoms with Crippen molar-refractivity contribution in [3.8, 4) is 0 Å². The van der Waals surface area contributed by atoms with Crippen LogP contribution < -0.4 is 5.73 Å². The summed E-state index contributed by atoms with van der Waals surface area (Å²) in [6, 6.07) is 8.39. The van der Waals surface area contributed by atoms with E-state index in [1.165, 1.54) is 11.1 Å². The van der Waals surface area contributed by atoms with Crippen molar-refractivity contribution in [1.82, 2.24) is 10.1 Å². The second-order valence-corrected chi connectivity index (χ2v) is 6.24. The van der Waals surface area contributed by atoms with Gasteiger partial charge in [0.05, 0.1) is 6.04 Å². The molecule has 0 unspecified atom stereocenters. The Morgan fingerprint density at radius 1 is 1.35 bits per heavy atom. The standard InChI is InChI=1S/C15H19N3OS/c1-20-7-6-13(16)15-17-14(18-19-15)12-8-10-4-2-3-5-11(10)9-12/h2-5,12-13H,6-9,16H2,1H3/t13-/m0/s1. The normalized spacial score (nSPS) is 16.3. The van der Waals surface area contributed by atoms with E-state index in [9.17, 15) is 0 Å². The number of aromatic nitrogens is 2. The number of thioether (sulfide) groups is 1. The second kappa shape index (κ2) is 5.97. The third-order valence-corrected chi connectivity index (χ3v) is 4.47. The molecule has 2 aromatic rings. The average molecular weight is 289 g/mol. The Morgan fingerprint density at radius 3 is 2.70 bits per heavy atom. The summed E-state index contributed by atoms with van der Waals surface area (Å²) in [6.07, 6.45) is 4.93. The Kier molecular flexibility index (Phi) is 4.08. The lowest BCUT2D eigenvalue weighted by atomic mass is 10.1. The molecule has 0 aliphatic heterocycles. The number of nitrogens with two attached hydrogens (primary N) is 1. The zero-order valence-electron chi connectivity index (χ0n) is 11.6. The first-order valence-electron chi connectivity index (χ1n) is 6.92. The molecule has 1 aliphatic rings. The van der Waals surface area contributed by atoms with Gasteiger partial charge >= 0.3 is 0 Å². The van der Waals surface area contributed by atoms with E-state index in [4.69, 9.17) is 10.3 Å². The summed E-state index contributed by atoms with van der Waals surface area (Å²) in [7, 11) is 0. The lowest BCUT2D eigenvalue weighted by Crippen LogP contribution is -2.12. The fourth-order valence-electron chi connectivity index (χ4n) is 2.67. The molecule has 5 heteroatoms. The zero-order chi connectivity index (χ0) is 13.9. The highest BCUT2D eigenvalue weighted by molar-refractivity contribution is 7.98. The third-order valence-electron chi connectivity index (χ3n) is 3.82. The van der Waals surface area contributed by atoms with Crippen molar-refractivity contribution >= 4 is 11.8 Å². The van der Waals surface area contributed by atoms with Crippen molar-refractivity contribution in [1.29, 1.82) is 0 Å². The number of nitrogens with zero attached hydrogens (tertiary/aromatic N) is 2. The molecule has 0 bridgehead atoms. The van der Waals surface area contributed by atoms with Crippen molar-refractivity contribution in [3.63, 3.8) is 0 Å². The molecule has 0 saturated heterocycles. The number of hydrogen-bond acceptors (Lipinski definition) is 5. The van der Waals surface area contributed by atoms with Crippen LogP contribution in [0.25, 0.3) is 0 Å². The maximum atomic E-state index is 6.07. The molecule has 1 aliphatic carbocycles. The average Bonchev–Trinajstić information content (AvgIpc) is 3.10. The van der Waals surface area contributed by atoms with Crippen molar-refractivity contribution in [2.45, 2.75) is 31.2 Å². The Hall–Kier alpha value is -1.33. The quantitative estimate of drug-likeness (QED) is 0.916. The van der Waals surface area contributed by atoms with Gasteiger partial charge in [-0.15, -0.1) is 0 Å². The minimum absolute atomic E-state index is 0.146. The van der Waals surface area contributed by atoms with Crippen molar-refractivity contribution < 1.29 is 4.52 Å². The highest BCUT2D eigenvalue weighted by Gasteiger charge is 2.27. The fourth-order valence-corrected chi connectivity index (χ4v) is 3.16. The van der Waals surface area contributed by atoms with Crippen LogP contribution in [0, 0.1) is 0 Å². The van der Waals surface area contributed by atoms with Gasteiger partial charge in [-0.1, -0.05) is 29.4 Å². The monoisotopic (exact) mass is 289 g/mol. The van der Waals surface area contributed by atoms with Crippen molar-refractivity contribution in [3.05, 3.63) is 47.1 Å². The molecule has 2 N–H and O–H groups in total. The maximum absolute atomic E-state index is 6.07. The van der Waals surface area contributed by atoms with Crippen LogP contribution in [0.15, 0.2) is 28.8 Å². The molecule has 106 valence electrons. The molecule has 4 nitrogen and oxygen atoms in total. The molecular formula is C15H19N3OS. The molecule has 1 heterocycles. The summed E-state index contributed by atoms with van der Waals surface area (Å²) in [6.45, 7) is 0. The van der Waals surface area contributed by atoms with E-state index in [0.29, 0.717) is 11.8 Å². The van der Waals surface area contributed by atoms with Gasteiger partial charge in [0.25, 0.3) is 0 Å². The molecule has 1 aromatic carbocycles. The first-order valence-corrected chi connectivity index (χ1v) is 8.32. The van der Waals surface area contributed by atoms with Gasteiger partial charge in [0, 0.05) is 5.92 Å². The fraction of sp³-hybridized carbons (Fsp3) is 0.467. The molecule has 20 heavy (non-hydrogen) atoms. The lowest BCUT2D eigenvalue weighted by molar-refractivity contribution is 0.346. The van der Waals surface area contributed by atoms with Crippen molar-refractivity contribution in [2.75, 3.05) is 12.0 Å². The van der Waals surface area contributed by atoms with Crippen LogP contribution in [0.3, 0.4) is 0 Å². The SMILES string of the molecule is CSCC[C@H](N)c1nc(C2Cc3ccccc3C2)no1. The van der Waals surface area contributed by atoms with Gasteiger partial charge in [0.2, 0.25) is 5.89 Å². The van der Waals surface area contributed by atoms with E-state index in [1.54, 1.807) is 11.8 Å². The third kappa shape index (κ3) is 2.74. The largest absolute Gasteiger partial charge is 0.338 e. The van der Waals surface area contributed by atoms with Gasteiger partial charge in [0.1, 0.15) is 0 Å². The smallest absolute Gasteiger partial charge is 0.243 e. The van der Waals surface area contributed by atoms with Gasteiger partial charge < -0.3 is 10.3 Å². The van der Waals surface area contributed by atoms with E-state index in [1.807, 2.05) is 0 Å². The minimum atomic E-state index is -0.146. The predicted octanol–water partition coefficient (Wildman–Crippen LogP) is 2.70. The summed E-state index contributed by atoms with van der Waals surface area (Å²) in [5, 5.41) is 4.14. The highest BCUT2D eigenvalue weighted by Crippen LogP contribution is 2.32. The molecule has 0 spiro atoms. The second-order valence-electron chi connectivity index (χ2n) is 5.25. The molecule has 1 aromatic heterocycles. The van der Waals surface area contributed by atoms with Crippen LogP contribution in [-0.2, 0) is 12.8 Å². The highest BCUT2D eigenvalue weighted by atomic mass is 32.2. The summed E-state index contributed by atoms with van der Waals surface area (Å²) in [5.74, 6) is 2.71. The Labute approximate surface area is 123 Å². The van der Waals surface area contributed by atoms with Crippen LogP contribution >= 0.6 is 11.8 Å². The number of benzene rings is 1. The molecule has 0 fully saturated rings. The van der Waals surface area contributed by atoms with Crippen molar-refractivity contribution in [2.24, 2.45) is 5.73 Å².